The van der Waals surface area contributed by atoms with Crippen molar-refractivity contribution in [2.75, 3.05) is 14.1 Å². The molecule has 0 heterocycles. The third-order valence-corrected chi connectivity index (χ3v) is 1.80. The molecule has 0 radical (unpaired) electrons. The van der Waals surface area contributed by atoms with E-state index < -0.39 is 0 Å². The third-order valence-electron chi connectivity index (χ3n) is 1.55. The lowest BCUT2D eigenvalue weighted by Crippen LogP contribution is -2.07. The SMILES string of the molecule is CN(C)/C=C(\C=O)Oc1ccc(Cl)cc1. The van der Waals surface area contributed by atoms with Crippen LogP contribution in [0, 0.1) is 0 Å². The number of carbonyl (C=O) groups excluding carboxylic acids is 1. The van der Waals surface area contributed by atoms with Gasteiger partial charge in [-0.25, -0.2) is 0 Å². The summed E-state index contributed by atoms with van der Waals surface area (Å²) in [5.41, 5.74) is 0. The van der Waals surface area contributed by atoms with Gasteiger partial charge in [0.05, 0.1) is 0 Å². The normalized spacial score (nSPS) is 11.0. The Hall–Kier alpha value is -1.48. The molecule has 0 unspecified atom stereocenters. The van der Waals surface area contributed by atoms with Gasteiger partial charge in [0, 0.05) is 25.3 Å². The minimum atomic E-state index is 0.252. The minimum absolute atomic E-state index is 0.252. The van der Waals surface area contributed by atoms with Gasteiger partial charge in [0.15, 0.2) is 12.0 Å². The Morgan fingerprint density at radius 3 is 2.40 bits per heavy atom. The molecule has 0 aliphatic carbocycles. The zero-order valence-corrected chi connectivity index (χ0v) is 9.36. The molecule has 80 valence electrons. The first-order chi connectivity index (χ1) is 7.11. The Kier molecular flexibility index (Phi) is 4.18. The van der Waals surface area contributed by atoms with Crippen LogP contribution in [-0.2, 0) is 4.79 Å². The van der Waals surface area contributed by atoms with Gasteiger partial charge >= 0.3 is 0 Å². The second kappa shape index (κ2) is 5.41. The lowest BCUT2D eigenvalue weighted by molar-refractivity contribution is -0.106. The molecular weight excluding hydrogens is 214 g/mol. The predicted molar refractivity (Wildman–Crippen MR) is 59.9 cm³/mol. The number of allylic oxidation sites excluding steroid dienone is 1. The lowest BCUT2D eigenvalue weighted by Gasteiger charge is -2.08. The van der Waals surface area contributed by atoms with Gasteiger partial charge in [-0.15, -0.1) is 0 Å². The van der Waals surface area contributed by atoms with E-state index in [1.54, 1.807) is 35.4 Å². The first-order valence-electron chi connectivity index (χ1n) is 4.38. The predicted octanol–water partition coefficient (Wildman–Crippen LogP) is 2.32. The van der Waals surface area contributed by atoms with Crippen LogP contribution < -0.4 is 4.74 Å². The van der Waals surface area contributed by atoms with Crippen LogP contribution in [0.1, 0.15) is 0 Å². The second-order valence-electron chi connectivity index (χ2n) is 3.17. The fourth-order valence-electron chi connectivity index (χ4n) is 0.974. The number of halogens is 1. The molecule has 0 aromatic heterocycles. The van der Waals surface area contributed by atoms with Crippen molar-refractivity contribution in [3.05, 3.63) is 41.2 Å². The molecule has 1 aromatic rings. The number of benzene rings is 1. The summed E-state index contributed by atoms with van der Waals surface area (Å²) < 4.78 is 5.32. The lowest BCUT2D eigenvalue weighted by atomic mass is 10.3. The highest BCUT2D eigenvalue weighted by molar-refractivity contribution is 6.30. The summed E-state index contributed by atoms with van der Waals surface area (Å²) in [6, 6.07) is 6.81. The van der Waals surface area contributed by atoms with E-state index in [4.69, 9.17) is 16.3 Å². The van der Waals surface area contributed by atoms with Crippen LogP contribution in [-0.4, -0.2) is 25.3 Å². The standard InChI is InChI=1S/C11H12ClNO2/c1-13(2)7-11(8-14)15-10-5-3-9(12)4-6-10/h3-8H,1-2H3/b11-7+. The maximum Gasteiger partial charge on any atom is 0.186 e. The van der Waals surface area contributed by atoms with Gasteiger partial charge in [-0.05, 0) is 24.3 Å². The number of rotatable bonds is 4. The molecule has 0 bridgehead atoms. The molecule has 0 saturated carbocycles. The molecular formula is C11H12ClNO2. The van der Waals surface area contributed by atoms with Crippen LogP contribution >= 0.6 is 11.6 Å². The van der Waals surface area contributed by atoms with Crippen molar-refractivity contribution in [1.82, 2.24) is 4.90 Å². The van der Waals surface area contributed by atoms with Crippen molar-refractivity contribution in [3.63, 3.8) is 0 Å². The van der Waals surface area contributed by atoms with Crippen LogP contribution in [0.15, 0.2) is 36.2 Å². The summed E-state index contributed by atoms with van der Waals surface area (Å²) in [7, 11) is 3.63. The minimum Gasteiger partial charge on any atom is -0.452 e. The Bertz CT molecular complexity index is 357. The van der Waals surface area contributed by atoms with Crippen molar-refractivity contribution < 1.29 is 9.53 Å². The third kappa shape index (κ3) is 4.04. The molecule has 15 heavy (non-hydrogen) atoms. The molecule has 0 aliphatic rings. The molecule has 0 aliphatic heterocycles. The van der Waals surface area contributed by atoms with Crippen molar-refractivity contribution >= 4 is 17.9 Å². The molecule has 0 N–H and O–H groups in total. The van der Waals surface area contributed by atoms with Gasteiger partial charge < -0.3 is 9.64 Å². The van der Waals surface area contributed by atoms with E-state index in [9.17, 15) is 4.79 Å². The Labute approximate surface area is 93.9 Å². The first kappa shape index (κ1) is 11.6. The largest absolute Gasteiger partial charge is 0.452 e. The number of hydrogen-bond acceptors (Lipinski definition) is 3. The molecule has 3 nitrogen and oxygen atoms in total. The number of ether oxygens (including phenoxy) is 1. The van der Waals surface area contributed by atoms with Crippen molar-refractivity contribution in [1.29, 1.82) is 0 Å². The topological polar surface area (TPSA) is 29.5 Å². The zero-order chi connectivity index (χ0) is 11.3. The first-order valence-corrected chi connectivity index (χ1v) is 4.76. The summed E-state index contributed by atoms with van der Waals surface area (Å²) in [5, 5.41) is 0.631. The van der Waals surface area contributed by atoms with Crippen LogP contribution in [0.4, 0.5) is 0 Å². The summed E-state index contributed by atoms with van der Waals surface area (Å²) in [6.07, 6.45) is 2.26. The average molecular weight is 226 g/mol. The monoisotopic (exact) mass is 225 g/mol. The summed E-state index contributed by atoms with van der Waals surface area (Å²) >= 11 is 5.72. The van der Waals surface area contributed by atoms with Crippen LogP contribution in [0.25, 0.3) is 0 Å². The quantitative estimate of drug-likeness (QED) is 0.448. The summed E-state index contributed by atoms with van der Waals surface area (Å²) in [5.74, 6) is 0.835. The van der Waals surface area contributed by atoms with E-state index in [0.29, 0.717) is 17.1 Å². The smallest absolute Gasteiger partial charge is 0.186 e. The maximum absolute atomic E-state index is 10.7. The van der Waals surface area contributed by atoms with Gasteiger partial charge in [-0.1, -0.05) is 11.6 Å². The van der Waals surface area contributed by atoms with Crippen LogP contribution in [0.3, 0.4) is 0 Å². The molecule has 0 amide bonds. The Balaban J connectivity index is 2.75. The molecule has 0 saturated heterocycles. The van der Waals surface area contributed by atoms with Crippen LogP contribution in [0.2, 0.25) is 5.02 Å². The van der Waals surface area contributed by atoms with Crippen LogP contribution in [0.5, 0.6) is 5.75 Å². The molecule has 0 spiro atoms. The number of aldehydes is 1. The molecule has 1 rings (SSSR count). The van der Waals surface area contributed by atoms with E-state index in [-0.39, 0.29) is 5.76 Å². The molecule has 0 atom stereocenters. The van der Waals surface area contributed by atoms with Crippen molar-refractivity contribution in [2.24, 2.45) is 0 Å². The number of nitrogens with zero attached hydrogens (tertiary/aromatic N) is 1. The van der Waals surface area contributed by atoms with E-state index in [2.05, 4.69) is 0 Å². The van der Waals surface area contributed by atoms with E-state index in [0.717, 1.165) is 0 Å². The van der Waals surface area contributed by atoms with Crippen molar-refractivity contribution in [2.45, 2.75) is 0 Å². The van der Waals surface area contributed by atoms with Crippen molar-refractivity contribution in [3.8, 4) is 5.75 Å². The van der Waals surface area contributed by atoms with E-state index >= 15 is 0 Å². The highest BCUT2D eigenvalue weighted by atomic mass is 35.5. The van der Waals surface area contributed by atoms with Gasteiger partial charge in [0.1, 0.15) is 5.75 Å². The fraction of sp³-hybridized carbons (Fsp3) is 0.182. The summed E-state index contributed by atoms with van der Waals surface area (Å²) in [4.78, 5) is 12.4. The van der Waals surface area contributed by atoms with E-state index in [1.165, 1.54) is 0 Å². The Morgan fingerprint density at radius 1 is 1.33 bits per heavy atom. The summed E-state index contributed by atoms with van der Waals surface area (Å²) in [6.45, 7) is 0. The highest BCUT2D eigenvalue weighted by Crippen LogP contribution is 2.17. The van der Waals surface area contributed by atoms with Gasteiger partial charge in [0.25, 0.3) is 0 Å². The van der Waals surface area contributed by atoms with E-state index in [1.807, 2.05) is 14.1 Å². The number of hydrogen-bond donors (Lipinski definition) is 0. The second-order valence-corrected chi connectivity index (χ2v) is 3.61. The van der Waals surface area contributed by atoms with Gasteiger partial charge in [-0.2, -0.15) is 0 Å². The maximum atomic E-state index is 10.7. The highest BCUT2D eigenvalue weighted by Gasteiger charge is 1.99. The molecule has 1 aromatic carbocycles. The van der Waals surface area contributed by atoms with Gasteiger partial charge in [-0.3, -0.25) is 4.79 Å². The number of carbonyl (C=O) groups is 1. The Morgan fingerprint density at radius 2 is 1.93 bits per heavy atom. The van der Waals surface area contributed by atoms with Gasteiger partial charge in [0.2, 0.25) is 0 Å². The molecule has 0 fully saturated rings. The average Bonchev–Trinajstić information content (AvgIpc) is 2.19. The fourth-order valence-corrected chi connectivity index (χ4v) is 1.10. The molecule has 4 heteroatoms. The zero-order valence-electron chi connectivity index (χ0n) is 8.61.